The third kappa shape index (κ3) is 2.19. The predicted molar refractivity (Wildman–Crippen MR) is 52.7 cm³/mol. The first-order chi connectivity index (χ1) is 6.77. The molecule has 0 radical (unpaired) electrons. The molecule has 1 aromatic carbocycles. The fourth-order valence-corrected chi connectivity index (χ4v) is 1.56. The van der Waals surface area contributed by atoms with Crippen LogP contribution in [0, 0.1) is 11.7 Å². The van der Waals surface area contributed by atoms with Crippen LogP contribution in [-0.2, 0) is 0 Å². The van der Waals surface area contributed by atoms with Crippen molar-refractivity contribution in [3.8, 4) is 0 Å². The summed E-state index contributed by atoms with van der Waals surface area (Å²) in [5.41, 5.74) is 0.244. The highest BCUT2D eigenvalue weighted by molar-refractivity contribution is 5.96. The van der Waals surface area contributed by atoms with Gasteiger partial charge < -0.3 is 0 Å². The maximum atomic E-state index is 13.2. The first kappa shape index (κ1) is 9.38. The van der Waals surface area contributed by atoms with Crippen molar-refractivity contribution in [1.82, 2.24) is 0 Å². The van der Waals surface area contributed by atoms with Crippen LogP contribution in [0.4, 0.5) is 4.39 Å². The molecule has 0 spiro atoms. The molecular formula is C12H13FO. The summed E-state index contributed by atoms with van der Waals surface area (Å²) in [6.07, 6.45) is 3.90. The molecule has 1 aliphatic rings. The van der Waals surface area contributed by atoms with Crippen molar-refractivity contribution in [2.24, 2.45) is 5.92 Å². The molecule has 1 aliphatic carbocycles. The lowest BCUT2D eigenvalue weighted by molar-refractivity contribution is 0.0974. The van der Waals surface area contributed by atoms with Crippen molar-refractivity contribution < 1.29 is 9.18 Å². The molecule has 1 nitrogen and oxygen atoms in total. The zero-order chi connectivity index (χ0) is 9.97. The molecule has 2 rings (SSSR count). The van der Waals surface area contributed by atoms with Crippen molar-refractivity contribution in [3.63, 3.8) is 0 Å². The molecule has 0 heterocycles. The molecule has 0 N–H and O–H groups in total. The molecule has 0 unspecified atom stereocenters. The zero-order valence-electron chi connectivity index (χ0n) is 8.00. The molecule has 0 aliphatic heterocycles. The molecule has 0 atom stereocenters. The maximum Gasteiger partial charge on any atom is 0.165 e. The average Bonchev–Trinajstić information content (AvgIpc) is 2.98. The number of hydrogen-bond donors (Lipinski definition) is 0. The van der Waals surface area contributed by atoms with Gasteiger partial charge in [-0.05, 0) is 24.5 Å². The molecule has 0 amide bonds. The van der Waals surface area contributed by atoms with Crippen LogP contribution >= 0.6 is 0 Å². The Morgan fingerprint density at radius 2 is 2.07 bits per heavy atom. The standard InChI is InChI=1S/C12H13FO/c13-11-4-2-1-3-10(11)12(14)8-7-9-5-6-9/h1-4,9H,5-8H2. The summed E-state index contributed by atoms with van der Waals surface area (Å²) in [5, 5.41) is 0. The number of halogens is 1. The highest BCUT2D eigenvalue weighted by atomic mass is 19.1. The van der Waals surface area contributed by atoms with Crippen molar-refractivity contribution in [3.05, 3.63) is 35.6 Å². The van der Waals surface area contributed by atoms with Crippen LogP contribution in [0.3, 0.4) is 0 Å². The van der Waals surface area contributed by atoms with Gasteiger partial charge in [0.15, 0.2) is 5.78 Å². The molecule has 0 saturated heterocycles. The van der Waals surface area contributed by atoms with Crippen LogP contribution in [0.5, 0.6) is 0 Å². The number of ketones is 1. The Kier molecular flexibility index (Phi) is 2.62. The van der Waals surface area contributed by atoms with Crippen molar-refractivity contribution >= 4 is 5.78 Å². The van der Waals surface area contributed by atoms with Crippen LogP contribution < -0.4 is 0 Å². The van der Waals surface area contributed by atoms with Gasteiger partial charge in [-0.1, -0.05) is 25.0 Å². The third-order valence-electron chi connectivity index (χ3n) is 2.65. The number of rotatable bonds is 4. The second-order valence-corrected chi connectivity index (χ2v) is 3.89. The molecule has 14 heavy (non-hydrogen) atoms. The van der Waals surface area contributed by atoms with Gasteiger partial charge in [0.1, 0.15) is 5.82 Å². The van der Waals surface area contributed by atoms with E-state index in [9.17, 15) is 9.18 Å². The van der Waals surface area contributed by atoms with Crippen molar-refractivity contribution in [1.29, 1.82) is 0 Å². The Labute approximate surface area is 82.9 Å². The molecule has 1 saturated carbocycles. The monoisotopic (exact) mass is 192 g/mol. The van der Waals surface area contributed by atoms with Crippen LogP contribution in [-0.4, -0.2) is 5.78 Å². The number of Topliss-reactive ketones (excluding diaryl/α,β-unsaturated/α-hetero) is 1. The molecule has 0 aromatic heterocycles. The summed E-state index contributed by atoms with van der Waals surface area (Å²) < 4.78 is 13.2. The van der Waals surface area contributed by atoms with E-state index >= 15 is 0 Å². The number of carbonyl (C=O) groups excluding carboxylic acids is 1. The summed E-state index contributed by atoms with van der Waals surface area (Å²) >= 11 is 0. The second-order valence-electron chi connectivity index (χ2n) is 3.89. The lowest BCUT2D eigenvalue weighted by atomic mass is 10.0. The Balaban J connectivity index is 1.98. The van der Waals surface area contributed by atoms with Gasteiger partial charge in [0.05, 0.1) is 5.56 Å². The van der Waals surface area contributed by atoms with Gasteiger partial charge in [-0.2, -0.15) is 0 Å². The number of carbonyl (C=O) groups is 1. The summed E-state index contributed by atoms with van der Waals surface area (Å²) in [5.74, 6) is 0.272. The summed E-state index contributed by atoms with van der Waals surface area (Å²) in [4.78, 5) is 11.6. The molecule has 74 valence electrons. The SMILES string of the molecule is O=C(CCC1CC1)c1ccccc1F. The largest absolute Gasteiger partial charge is 0.294 e. The van der Waals surface area contributed by atoms with Gasteiger partial charge in [-0.25, -0.2) is 4.39 Å². The van der Waals surface area contributed by atoms with Gasteiger partial charge >= 0.3 is 0 Å². The highest BCUT2D eigenvalue weighted by Crippen LogP contribution is 2.33. The fourth-order valence-electron chi connectivity index (χ4n) is 1.56. The van der Waals surface area contributed by atoms with Crippen molar-refractivity contribution in [2.45, 2.75) is 25.7 Å². The third-order valence-corrected chi connectivity index (χ3v) is 2.65. The Hall–Kier alpha value is -1.18. The predicted octanol–water partition coefficient (Wildman–Crippen LogP) is 3.20. The van der Waals surface area contributed by atoms with Crippen LogP contribution in [0.1, 0.15) is 36.0 Å². The molecule has 2 heteroatoms. The first-order valence-corrected chi connectivity index (χ1v) is 5.05. The lowest BCUT2D eigenvalue weighted by Crippen LogP contribution is -2.02. The first-order valence-electron chi connectivity index (χ1n) is 5.05. The minimum absolute atomic E-state index is 0.0602. The van der Waals surface area contributed by atoms with Crippen LogP contribution in [0.25, 0.3) is 0 Å². The van der Waals surface area contributed by atoms with E-state index in [0.29, 0.717) is 6.42 Å². The zero-order valence-corrected chi connectivity index (χ0v) is 8.00. The van der Waals surface area contributed by atoms with Crippen LogP contribution in [0.2, 0.25) is 0 Å². The molecule has 1 aromatic rings. The van der Waals surface area contributed by atoms with Gasteiger partial charge in [0, 0.05) is 6.42 Å². The van der Waals surface area contributed by atoms with Crippen LogP contribution in [0.15, 0.2) is 24.3 Å². The topological polar surface area (TPSA) is 17.1 Å². The summed E-state index contributed by atoms with van der Waals surface area (Å²) in [6.45, 7) is 0. The van der Waals surface area contributed by atoms with Gasteiger partial charge in [0.25, 0.3) is 0 Å². The minimum Gasteiger partial charge on any atom is -0.294 e. The Morgan fingerprint density at radius 1 is 1.36 bits per heavy atom. The minimum atomic E-state index is -0.395. The normalized spacial score (nSPS) is 15.5. The van der Waals surface area contributed by atoms with E-state index < -0.39 is 5.82 Å². The smallest absolute Gasteiger partial charge is 0.165 e. The lowest BCUT2D eigenvalue weighted by Gasteiger charge is -2.01. The fraction of sp³-hybridized carbons (Fsp3) is 0.417. The van der Waals surface area contributed by atoms with E-state index in [-0.39, 0.29) is 11.3 Å². The quantitative estimate of drug-likeness (QED) is 0.669. The van der Waals surface area contributed by atoms with Crippen molar-refractivity contribution in [2.75, 3.05) is 0 Å². The van der Waals surface area contributed by atoms with Gasteiger partial charge in [-0.3, -0.25) is 4.79 Å². The Bertz CT molecular complexity index is 342. The van der Waals surface area contributed by atoms with E-state index in [4.69, 9.17) is 0 Å². The van der Waals surface area contributed by atoms with E-state index in [2.05, 4.69) is 0 Å². The summed E-state index contributed by atoms with van der Waals surface area (Å²) in [7, 11) is 0. The van der Waals surface area contributed by atoms with Gasteiger partial charge in [0.2, 0.25) is 0 Å². The van der Waals surface area contributed by atoms with E-state index in [1.807, 2.05) is 0 Å². The van der Waals surface area contributed by atoms with E-state index in [1.54, 1.807) is 18.2 Å². The van der Waals surface area contributed by atoms with Gasteiger partial charge in [-0.15, -0.1) is 0 Å². The Morgan fingerprint density at radius 3 is 2.71 bits per heavy atom. The maximum absolute atomic E-state index is 13.2. The van der Waals surface area contributed by atoms with E-state index in [0.717, 1.165) is 12.3 Å². The van der Waals surface area contributed by atoms with E-state index in [1.165, 1.54) is 18.9 Å². The highest BCUT2D eigenvalue weighted by Gasteiger charge is 2.22. The number of benzene rings is 1. The molecule has 1 fully saturated rings. The average molecular weight is 192 g/mol. The molecule has 0 bridgehead atoms. The summed E-state index contributed by atoms with van der Waals surface area (Å²) in [6, 6.07) is 6.20. The second kappa shape index (κ2) is 3.91. The number of hydrogen-bond acceptors (Lipinski definition) is 1. The molecular weight excluding hydrogens is 179 g/mol.